The largest absolute Gasteiger partial charge is 0.361 e. The monoisotopic (exact) mass is 262 g/mol. The van der Waals surface area contributed by atoms with Crippen molar-refractivity contribution in [2.24, 2.45) is 0 Å². The van der Waals surface area contributed by atoms with E-state index in [-0.39, 0.29) is 5.56 Å². The maximum Gasteiger partial charge on any atom is 0.293 e. The highest BCUT2D eigenvalue weighted by Crippen LogP contribution is 2.33. The molecule has 1 unspecified atom stereocenters. The molecule has 1 aromatic heterocycles. The molecule has 1 N–H and O–H groups in total. The number of anilines is 1. The number of piperidine rings is 1. The summed E-state index contributed by atoms with van der Waals surface area (Å²) in [6.45, 7) is 5.44. The summed E-state index contributed by atoms with van der Waals surface area (Å²) < 4.78 is 1.83. The molecular formula is C14H22N4O. The van der Waals surface area contributed by atoms with Gasteiger partial charge in [-0.05, 0) is 38.8 Å². The molecule has 0 bridgehead atoms. The number of rotatable bonds is 4. The van der Waals surface area contributed by atoms with Gasteiger partial charge in [0.2, 0.25) is 0 Å². The number of likely N-dealkylation sites (N-methyl/N-ethyl adjacent to an activating group) is 1. The number of nitrogens with one attached hydrogen (secondary N) is 1. The van der Waals surface area contributed by atoms with Crippen molar-refractivity contribution in [1.82, 2.24) is 14.5 Å². The number of nitrogens with zero attached hydrogens (tertiary/aromatic N) is 3. The van der Waals surface area contributed by atoms with Crippen LogP contribution in [0.1, 0.15) is 38.6 Å². The summed E-state index contributed by atoms with van der Waals surface area (Å²) in [6.07, 6.45) is 8.10. The van der Waals surface area contributed by atoms with Gasteiger partial charge in [-0.3, -0.25) is 4.79 Å². The van der Waals surface area contributed by atoms with E-state index in [1.54, 1.807) is 6.20 Å². The summed E-state index contributed by atoms with van der Waals surface area (Å²) in [6, 6.07) is 0.762. The number of aromatic nitrogens is 2. The fraction of sp³-hybridized carbons (Fsp3) is 0.714. The van der Waals surface area contributed by atoms with Gasteiger partial charge in [0, 0.05) is 31.0 Å². The molecule has 1 aliphatic carbocycles. The average Bonchev–Trinajstić information content (AvgIpc) is 3.26. The lowest BCUT2D eigenvalue weighted by molar-refractivity contribution is 0.226. The van der Waals surface area contributed by atoms with Crippen LogP contribution in [-0.4, -0.2) is 40.1 Å². The van der Waals surface area contributed by atoms with Crippen molar-refractivity contribution >= 4 is 5.82 Å². The minimum atomic E-state index is 0.0404. The van der Waals surface area contributed by atoms with Crippen LogP contribution in [-0.2, 0) is 0 Å². The van der Waals surface area contributed by atoms with E-state index in [1.165, 1.54) is 13.0 Å². The van der Waals surface area contributed by atoms with Gasteiger partial charge < -0.3 is 14.8 Å². The summed E-state index contributed by atoms with van der Waals surface area (Å²) >= 11 is 0. The second-order valence-electron chi connectivity index (χ2n) is 5.60. The molecule has 0 amide bonds. The third kappa shape index (κ3) is 2.81. The summed E-state index contributed by atoms with van der Waals surface area (Å²) in [7, 11) is 0. The molecule has 5 heteroatoms. The summed E-state index contributed by atoms with van der Waals surface area (Å²) in [5.41, 5.74) is 0.0404. The predicted octanol–water partition coefficient (Wildman–Crippen LogP) is 1.47. The molecule has 2 fully saturated rings. The van der Waals surface area contributed by atoms with Gasteiger partial charge in [-0.1, -0.05) is 6.92 Å². The lowest BCUT2D eigenvalue weighted by Gasteiger charge is -2.32. The maximum absolute atomic E-state index is 12.3. The van der Waals surface area contributed by atoms with Crippen LogP contribution in [0.15, 0.2) is 17.2 Å². The Labute approximate surface area is 113 Å². The van der Waals surface area contributed by atoms with Gasteiger partial charge in [-0.15, -0.1) is 0 Å². The van der Waals surface area contributed by atoms with Gasteiger partial charge in [0.25, 0.3) is 5.56 Å². The fourth-order valence-corrected chi connectivity index (χ4v) is 2.82. The Hall–Kier alpha value is -1.36. The Kier molecular flexibility index (Phi) is 3.55. The van der Waals surface area contributed by atoms with Crippen LogP contribution in [0.3, 0.4) is 0 Å². The zero-order valence-corrected chi connectivity index (χ0v) is 11.5. The molecule has 1 saturated carbocycles. The van der Waals surface area contributed by atoms with E-state index in [0.717, 1.165) is 32.4 Å². The molecule has 104 valence electrons. The quantitative estimate of drug-likeness (QED) is 0.893. The highest BCUT2D eigenvalue weighted by atomic mass is 16.1. The number of likely N-dealkylation sites (tertiary alicyclic amines) is 1. The van der Waals surface area contributed by atoms with Crippen LogP contribution in [0.2, 0.25) is 0 Å². The second-order valence-corrected chi connectivity index (χ2v) is 5.60. The van der Waals surface area contributed by atoms with Gasteiger partial charge in [0.15, 0.2) is 5.82 Å². The van der Waals surface area contributed by atoms with Gasteiger partial charge in [-0.25, -0.2) is 4.98 Å². The minimum absolute atomic E-state index is 0.0404. The molecule has 0 spiro atoms. The molecule has 1 aromatic rings. The van der Waals surface area contributed by atoms with Gasteiger partial charge in [0.1, 0.15) is 0 Å². The van der Waals surface area contributed by atoms with E-state index in [2.05, 4.69) is 22.1 Å². The van der Waals surface area contributed by atoms with E-state index in [9.17, 15) is 4.79 Å². The van der Waals surface area contributed by atoms with Crippen molar-refractivity contribution in [3.63, 3.8) is 0 Å². The predicted molar refractivity (Wildman–Crippen MR) is 75.5 cm³/mol. The Morgan fingerprint density at radius 1 is 1.42 bits per heavy atom. The Bertz CT molecular complexity index is 494. The lowest BCUT2D eigenvalue weighted by Crippen LogP contribution is -2.43. The number of hydrogen-bond donors (Lipinski definition) is 1. The first-order chi connectivity index (χ1) is 9.28. The molecule has 19 heavy (non-hydrogen) atoms. The molecule has 0 aromatic carbocycles. The summed E-state index contributed by atoms with van der Waals surface area (Å²) in [4.78, 5) is 19.0. The van der Waals surface area contributed by atoms with Crippen LogP contribution < -0.4 is 10.9 Å². The smallest absolute Gasteiger partial charge is 0.293 e. The number of hydrogen-bond acceptors (Lipinski definition) is 4. The standard InChI is InChI=1S/C14H22N4O/c1-2-17-8-3-4-11(10-17)16-13-14(19)18(9-7-15-13)12-5-6-12/h7,9,11-12H,2-6,8,10H2,1H3,(H,15,16). The van der Waals surface area contributed by atoms with Gasteiger partial charge >= 0.3 is 0 Å². The summed E-state index contributed by atoms with van der Waals surface area (Å²) in [5, 5.41) is 3.35. The van der Waals surface area contributed by atoms with Crippen molar-refractivity contribution in [1.29, 1.82) is 0 Å². The van der Waals surface area contributed by atoms with Crippen LogP contribution in [0.5, 0.6) is 0 Å². The van der Waals surface area contributed by atoms with Crippen molar-refractivity contribution in [3.8, 4) is 0 Å². The molecule has 0 radical (unpaired) electrons. The van der Waals surface area contributed by atoms with Crippen LogP contribution in [0.25, 0.3) is 0 Å². The van der Waals surface area contributed by atoms with E-state index in [0.29, 0.717) is 17.9 Å². The first-order valence-corrected chi connectivity index (χ1v) is 7.34. The first-order valence-electron chi connectivity index (χ1n) is 7.34. The molecule has 2 heterocycles. The Balaban J connectivity index is 1.72. The van der Waals surface area contributed by atoms with Crippen LogP contribution >= 0.6 is 0 Å². The average molecular weight is 262 g/mol. The molecule has 1 atom stereocenters. The molecule has 1 aliphatic heterocycles. The Morgan fingerprint density at radius 3 is 3.00 bits per heavy atom. The fourth-order valence-electron chi connectivity index (χ4n) is 2.82. The van der Waals surface area contributed by atoms with E-state index in [4.69, 9.17) is 0 Å². The lowest BCUT2D eigenvalue weighted by atomic mass is 10.1. The third-order valence-corrected chi connectivity index (χ3v) is 4.10. The first kappa shape index (κ1) is 12.7. The van der Waals surface area contributed by atoms with Crippen molar-refractivity contribution in [2.75, 3.05) is 25.0 Å². The second kappa shape index (κ2) is 5.33. The molecule has 2 aliphatic rings. The maximum atomic E-state index is 12.3. The SMILES string of the molecule is CCN1CCCC(Nc2nccn(C3CC3)c2=O)C1. The highest BCUT2D eigenvalue weighted by Gasteiger charge is 2.26. The summed E-state index contributed by atoms with van der Waals surface area (Å²) in [5.74, 6) is 0.525. The molecular weight excluding hydrogens is 240 g/mol. The van der Waals surface area contributed by atoms with Crippen molar-refractivity contribution in [3.05, 3.63) is 22.7 Å². The van der Waals surface area contributed by atoms with E-state index >= 15 is 0 Å². The van der Waals surface area contributed by atoms with Gasteiger partial charge in [0.05, 0.1) is 0 Å². The zero-order chi connectivity index (χ0) is 13.2. The molecule has 1 saturated heterocycles. The minimum Gasteiger partial charge on any atom is -0.361 e. The van der Waals surface area contributed by atoms with Crippen LogP contribution in [0.4, 0.5) is 5.82 Å². The van der Waals surface area contributed by atoms with Gasteiger partial charge in [-0.2, -0.15) is 0 Å². The topological polar surface area (TPSA) is 50.2 Å². The van der Waals surface area contributed by atoms with Crippen molar-refractivity contribution < 1.29 is 0 Å². The highest BCUT2D eigenvalue weighted by molar-refractivity contribution is 5.33. The van der Waals surface area contributed by atoms with E-state index in [1.807, 2.05) is 10.8 Å². The normalized spacial score (nSPS) is 24.4. The van der Waals surface area contributed by atoms with E-state index < -0.39 is 0 Å². The third-order valence-electron chi connectivity index (χ3n) is 4.10. The zero-order valence-electron chi connectivity index (χ0n) is 11.5. The molecule has 5 nitrogen and oxygen atoms in total. The molecule has 3 rings (SSSR count). The van der Waals surface area contributed by atoms with Crippen LogP contribution in [0, 0.1) is 0 Å². The van der Waals surface area contributed by atoms with Crippen molar-refractivity contribution in [2.45, 2.75) is 44.7 Å². The Morgan fingerprint density at radius 2 is 2.26 bits per heavy atom.